The third kappa shape index (κ3) is 5.01. The standard InChI is InChI=1S/C19H20N4O3S/c1-3-10-23-17(24)9-8-16(22-23)18(25)26-11-15-12-27-19(21-15)20-14-6-4-13(2)5-7-14/h4-9,12H,3,10-11H2,1-2H3,(H,20,21). The Morgan fingerprint density at radius 2 is 2.00 bits per heavy atom. The second kappa shape index (κ2) is 8.59. The van der Waals surface area contributed by atoms with E-state index in [-0.39, 0.29) is 17.9 Å². The number of hydrogen-bond acceptors (Lipinski definition) is 7. The molecule has 3 rings (SSSR count). The number of aromatic nitrogens is 3. The SMILES string of the molecule is CCCn1nc(C(=O)OCc2csc(Nc3ccc(C)cc3)n2)ccc1=O. The van der Waals surface area contributed by atoms with Gasteiger partial charge in [0.2, 0.25) is 0 Å². The maximum Gasteiger partial charge on any atom is 0.359 e. The van der Waals surface area contributed by atoms with Gasteiger partial charge in [0.15, 0.2) is 10.8 Å². The van der Waals surface area contributed by atoms with Crippen LogP contribution in [0, 0.1) is 6.92 Å². The van der Waals surface area contributed by atoms with Crippen LogP contribution in [0.1, 0.15) is 35.1 Å². The molecule has 2 heterocycles. The van der Waals surface area contributed by atoms with Gasteiger partial charge in [-0.05, 0) is 31.5 Å². The molecule has 8 heteroatoms. The molecule has 27 heavy (non-hydrogen) atoms. The lowest BCUT2D eigenvalue weighted by atomic mass is 10.2. The first-order valence-electron chi connectivity index (χ1n) is 8.58. The molecule has 0 atom stereocenters. The molecule has 1 aromatic carbocycles. The van der Waals surface area contributed by atoms with E-state index in [4.69, 9.17) is 4.74 Å². The number of ether oxygens (including phenoxy) is 1. The van der Waals surface area contributed by atoms with Gasteiger partial charge in [-0.25, -0.2) is 14.5 Å². The predicted octanol–water partition coefficient (Wildman–Crippen LogP) is 3.52. The number of carbonyl (C=O) groups is 1. The second-order valence-corrected chi connectivity index (χ2v) is 6.85. The molecular weight excluding hydrogens is 364 g/mol. The summed E-state index contributed by atoms with van der Waals surface area (Å²) in [6, 6.07) is 10.7. The van der Waals surface area contributed by atoms with Crippen LogP contribution in [0.25, 0.3) is 0 Å². The molecule has 0 saturated heterocycles. The number of esters is 1. The van der Waals surface area contributed by atoms with Gasteiger partial charge in [-0.3, -0.25) is 4.79 Å². The number of benzene rings is 1. The quantitative estimate of drug-likeness (QED) is 0.627. The Bertz CT molecular complexity index is 979. The zero-order valence-electron chi connectivity index (χ0n) is 15.1. The van der Waals surface area contributed by atoms with Crippen LogP contribution in [0.5, 0.6) is 0 Å². The summed E-state index contributed by atoms with van der Waals surface area (Å²) < 4.78 is 6.53. The molecule has 0 spiro atoms. The van der Waals surface area contributed by atoms with Gasteiger partial charge in [0.1, 0.15) is 6.61 Å². The van der Waals surface area contributed by atoms with Crippen LogP contribution < -0.4 is 10.9 Å². The summed E-state index contributed by atoms with van der Waals surface area (Å²) in [6.45, 7) is 4.46. The number of rotatable bonds is 7. The lowest BCUT2D eigenvalue weighted by Crippen LogP contribution is -2.24. The van der Waals surface area contributed by atoms with E-state index in [0.29, 0.717) is 12.2 Å². The van der Waals surface area contributed by atoms with E-state index in [1.165, 1.54) is 33.7 Å². The fourth-order valence-electron chi connectivity index (χ4n) is 2.33. The average Bonchev–Trinajstić information content (AvgIpc) is 3.11. The highest BCUT2D eigenvalue weighted by atomic mass is 32.1. The van der Waals surface area contributed by atoms with Crippen molar-refractivity contribution in [2.75, 3.05) is 5.32 Å². The summed E-state index contributed by atoms with van der Waals surface area (Å²) in [7, 11) is 0. The molecule has 1 N–H and O–H groups in total. The molecule has 2 aromatic heterocycles. The summed E-state index contributed by atoms with van der Waals surface area (Å²) in [5.74, 6) is -0.583. The summed E-state index contributed by atoms with van der Waals surface area (Å²) in [5.41, 5.74) is 2.65. The van der Waals surface area contributed by atoms with Crippen molar-refractivity contribution >= 4 is 28.1 Å². The highest BCUT2D eigenvalue weighted by Gasteiger charge is 2.12. The summed E-state index contributed by atoms with van der Waals surface area (Å²) in [6.07, 6.45) is 0.751. The van der Waals surface area contributed by atoms with Crippen molar-refractivity contribution in [1.82, 2.24) is 14.8 Å². The number of nitrogens with zero attached hydrogens (tertiary/aromatic N) is 3. The number of anilines is 2. The van der Waals surface area contributed by atoms with Crippen LogP contribution in [-0.2, 0) is 17.9 Å². The van der Waals surface area contributed by atoms with E-state index in [2.05, 4.69) is 15.4 Å². The Morgan fingerprint density at radius 3 is 2.74 bits per heavy atom. The van der Waals surface area contributed by atoms with Gasteiger partial charge in [-0.15, -0.1) is 11.3 Å². The minimum atomic E-state index is -0.583. The second-order valence-electron chi connectivity index (χ2n) is 5.99. The van der Waals surface area contributed by atoms with Crippen molar-refractivity contribution in [1.29, 1.82) is 0 Å². The minimum absolute atomic E-state index is 0.0412. The fourth-order valence-corrected chi connectivity index (χ4v) is 3.05. The third-order valence-electron chi connectivity index (χ3n) is 3.72. The van der Waals surface area contributed by atoms with Crippen molar-refractivity contribution in [3.8, 4) is 0 Å². The topological polar surface area (TPSA) is 86.1 Å². The van der Waals surface area contributed by atoms with Gasteiger partial charge in [0.05, 0.1) is 5.69 Å². The van der Waals surface area contributed by atoms with Gasteiger partial charge < -0.3 is 10.1 Å². The van der Waals surface area contributed by atoms with Crippen molar-refractivity contribution in [3.63, 3.8) is 0 Å². The molecule has 0 aliphatic heterocycles. The predicted molar refractivity (Wildman–Crippen MR) is 104 cm³/mol. The van der Waals surface area contributed by atoms with E-state index in [1.807, 2.05) is 43.5 Å². The van der Waals surface area contributed by atoms with Crippen LogP contribution in [0.3, 0.4) is 0 Å². The van der Waals surface area contributed by atoms with Gasteiger partial charge in [0, 0.05) is 23.7 Å². The number of hydrogen-bond donors (Lipinski definition) is 1. The monoisotopic (exact) mass is 384 g/mol. The first-order chi connectivity index (χ1) is 13.0. The van der Waals surface area contributed by atoms with Crippen molar-refractivity contribution < 1.29 is 9.53 Å². The summed E-state index contributed by atoms with van der Waals surface area (Å²) in [4.78, 5) is 28.3. The Balaban J connectivity index is 1.59. The van der Waals surface area contributed by atoms with Crippen molar-refractivity contribution in [2.24, 2.45) is 0 Å². The molecule has 7 nitrogen and oxygen atoms in total. The van der Waals surface area contributed by atoms with Crippen LogP contribution in [0.15, 0.2) is 46.6 Å². The molecule has 0 saturated carbocycles. The van der Waals surface area contributed by atoms with Gasteiger partial charge in [-0.1, -0.05) is 24.6 Å². The third-order valence-corrected chi connectivity index (χ3v) is 4.52. The zero-order valence-corrected chi connectivity index (χ0v) is 16.0. The number of thiazole rings is 1. The Hall–Kier alpha value is -3.00. The Labute approximate surface area is 160 Å². The summed E-state index contributed by atoms with van der Waals surface area (Å²) in [5, 5.41) is 9.81. The number of carbonyl (C=O) groups excluding carboxylic acids is 1. The molecule has 140 valence electrons. The molecule has 0 unspecified atom stereocenters. The molecular formula is C19H20N4O3S. The number of aryl methyl sites for hydroxylation is 2. The first-order valence-corrected chi connectivity index (χ1v) is 9.46. The van der Waals surface area contributed by atoms with Gasteiger partial charge in [0.25, 0.3) is 5.56 Å². The lowest BCUT2D eigenvalue weighted by molar-refractivity contribution is 0.0458. The molecule has 0 bridgehead atoms. The number of nitrogens with one attached hydrogen (secondary N) is 1. The zero-order chi connectivity index (χ0) is 19.2. The van der Waals surface area contributed by atoms with Gasteiger partial charge >= 0.3 is 5.97 Å². The van der Waals surface area contributed by atoms with Crippen molar-refractivity contribution in [2.45, 2.75) is 33.4 Å². The lowest BCUT2D eigenvalue weighted by Gasteiger charge is -2.05. The van der Waals surface area contributed by atoms with E-state index in [1.54, 1.807) is 0 Å². The molecule has 0 amide bonds. The van der Waals surface area contributed by atoms with E-state index in [9.17, 15) is 9.59 Å². The van der Waals surface area contributed by atoms with Crippen LogP contribution >= 0.6 is 11.3 Å². The van der Waals surface area contributed by atoms with Crippen LogP contribution in [-0.4, -0.2) is 20.7 Å². The Kier molecular flexibility index (Phi) is 5.97. The minimum Gasteiger partial charge on any atom is -0.454 e. The molecule has 0 aliphatic carbocycles. The summed E-state index contributed by atoms with van der Waals surface area (Å²) >= 11 is 1.43. The molecule has 0 radical (unpaired) electrons. The average molecular weight is 384 g/mol. The van der Waals surface area contributed by atoms with Gasteiger partial charge in [-0.2, -0.15) is 5.10 Å². The van der Waals surface area contributed by atoms with Crippen LogP contribution in [0.2, 0.25) is 0 Å². The van der Waals surface area contributed by atoms with E-state index >= 15 is 0 Å². The van der Waals surface area contributed by atoms with E-state index < -0.39 is 5.97 Å². The molecule has 3 aromatic rings. The van der Waals surface area contributed by atoms with Crippen LogP contribution in [0.4, 0.5) is 10.8 Å². The first kappa shape index (κ1) is 18.8. The molecule has 0 aliphatic rings. The normalized spacial score (nSPS) is 10.6. The Morgan fingerprint density at radius 1 is 1.22 bits per heavy atom. The molecule has 0 fully saturated rings. The highest BCUT2D eigenvalue weighted by Crippen LogP contribution is 2.21. The highest BCUT2D eigenvalue weighted by molar-refractivity contribution is 7.13. The maximum absolute atomic E-state index is 12.2. The largest absolute Gasteiger partial charge is 0.454 e. The fraction of sp³-hybridized carbons (Fsp3) is 0.263. The van der Waals surface area contributed by atoms with Crippen molar-refractivity contribution in [3.05, 3.63) is 69.1 Å². The maximum atomic E-state index is 12.2. The van der Waals surface area contributed by atoms with E-state index in [0.717, 1.165) is 17.2 Å². The smallest absolute Gasteiger partial charge is 0.359 e.